The van der Waals surface area contributed by atoms with E-state index in [-0.39, 0.29) is 5.91 Å². The molecule has 1 aromatic heterocycles. The van der Waals surface area contributed by atoms with E-state index in [1.165, 1.54) is 5.56 Å². The van der Waals surface area contributed by atoms with Crippen molar-refractivity contribution in [3.05, 3.63) is 78.0 Å². The van der Waals surface area contributed by atoms with E-state index in [1.54, 1.807) is 37.6 Å². The minimum Gasteiger partial charge on any atom is -0.497 e. The fourth-order valence-electron chi connectivity index (χ4n) is 2.58. The van der Waals surface area contributed by atoms with Gasteiger partial charge in [0.1, 0.15) is 11.6 Å². The van der Waals surface area contributed by atoms with E-state index < -0.39 is 0 Å². The van der Waals surface area contributed by atoms with Gasteiger partial charge in [-0.2, -0.15) is 0 Å². The number of nitrogens with one attached hydrogen (secondary N) is 2. The molecule has 0 spiro atoms. The smallest absolute Gasteiger partial charge is 0.255 e. The highest BCUT2D eigenvalue weighted by atomic mass is 16.5. The van der Waals surface area contributed by atoms with Gasteiger partial charge in [-0.3, -0.25) is 4.79 Å². The Balaban J connectivity index is 1.66. The first-order valence-corrected chi connectivity index (χ1v) is 8.46. The number of amides is 1. The van der Waals surface area contributed by atoms with Crippen molar-refractivity contribution in [1.29, 1.82) is 0 Å². The van der Waals surface area contributed by atoms with Crippen LogP contribution in [0.2, 0.25) is 0 Å². The lowest BCUT2D eigenvalue weighted by molar-refractivity contribution is 0.102. The summed E-state index contributed by atoms with van der Waals surface area (Å²) in [5, 5.41) is 6.15. The van der Waals surface area contributed by atoms with Crippen LogP contribution in [0.15, 0.2) is 66.9 Å². The SMILES string of the molecule is CCc1ccccc1Nc1ccc(NC(=O)c2ccc(OC)cc2)cn1. The van der Waals surface area contributed by atoms with Gasteiger partial charge in [-0.15, -0.1) is 0 Å². The zero-order chi connectivity index (χ0) is 18.4. The van der Waals surface area contributed by atoms with Gasteiger partial charge >= 0.3 is 0 Å². The monoisotopic (exact) mass is 347 g/mol. The van der Waals surface area contributed by atoms with Gasteiger partial charge in [0.25, 0.3) is 5.91 Å². The predicted octanol–water partition coefficient (Wildman–Crippen LogP) is 4.65. The number of para-hydroxylation sites is 1. The molecule has 0 fully saturated rings. The van der Waals surface area contributed by atoms with Gasteiger partial charge < -0.3 is 15.4 Å². The van der Waals surface area contributed by atoms with E-state index in [2.05, 4.69) is 28.6 Å². The van der Waals surface area contributed by atoms with Gasteiger partial charge in [0.2, 0.25) is 0 Å². The minimum absolute atomic E-state index is 0.188. The van der Waals surface area contributed by atoms with E-state index in [0.717, 1.165) is 17.9 Å². The normalized spacial score (nSPS) is 10.2. The van der Waals surface area contributed by atoms with Crippen LogP contribution in [-0.4, -0.2) is 18.0 Å². The number of aryl methyl sites for hydroxylation is 1. The molecule has 0 aliphatic rings. The number of benzene rings is 2. The number of methoxy groups -OCH3 is 1. The molecule has 0 unspecified atom stereocenters. The number of carbonyl (C=O) groups excluding carboxylic acids is 1. The zero-order valence-corrected chi connectivity index (χ0v) is 14.8. The Kier molecular flexibility index (Phi) is 5.49. The molecule has 3 aromatic rings. The van der Waals surface area contributed by atoms with Crippen LogP contribution in [-0.2, 0) is 6.42 Å². The second-order valence-corrected chi connectivity index (χ2v) is 5.75. The lowest BCUT2D eigenvalue weighted by atomic mass is 10.1. The van der Waals surface area contributed by atoms with Crippen molar-refractivity contribution in [2.45, 2.75) is 13.3 Å². The Morgan fingerprint density at radius 1 is 1.04 bits per heavy atom. The molecule has 3 rings (SSSR count). The summed E-state index contributed by atoms with van der Waals surface area (Å²) < 4.78 is 5.10. The van der Waals surface area contributed by atoms with Crippen molar-refractivity contribution in [3.8, 4) is 5.75 Å². The number of pyridine rings is 1. The maximum Gasteiger partial charge on any atom is 0.255 e. The molecule has 2 aromatic carbocycles. The standard InChI is InChI=1S/C21H21N3O2/c1-3-15-6-4-5-7-19(15)24-20-13-10-17(14-22-20)23-21(25)16-8-11-18(26-2)12-9-16/h4-14H,3H2,1-2H3,(H,22,24)(H,23,25). The zero-order valence-electron chi connectivity index (χ0n) is 14.8. The summed E-state index contributed by atoms with van der Waals surface area (Å²) in [7, 11) is 1.59. The number of rotatable bonds is 6. The molecule has 5 heteroatoms. The molecular weight excluding hydrogens is 326 g/mol. The van der Waals surface area contributed by atoms with Crippen LogP contribution >= 0.6 is 0 Å². The number of anilines is 3. The van der Waals surface area contributed by atoms with Gasteiger partial charge in [-0.1, -0.05) is 25.1 Å². The number of carbonyl (C=O) groups is 1. The summed E-state index contributed by atoms with van der Waals surface area (Å²) in [4.78, 5) is 16.7. The van der Waals surface area contributed by atoms with Crippen molar-refractivity contribution in [3.63, 3.8) is 0 Å². The molecule has 0 bridgehead atoms. The second kappa shape index (κ2) is 8.16. The van der Waals surface area contributed by atoms with Crippen LogP contribution < -0.4 is 15.4 Å². The highest BCUT2D eigenvalue weighted by molar-refractivity contribution is 6.04. The average Bonchev–Trinajstić information content (AvgIpc) is 2.70. The summed E-state index contributed by atoms with van der Waals surface area (Å²) in [6, 6.07) is 18.8. The van der Waals surface area contributed by atoms with Crippen LogP contribution in [0.4, 0.5) is 17.2 Å². The summed E-state index contributed by atoms with van der Waals surface area (Å²) >= 11 is 0. The fourth-order valence-corrected chi connectivity index (χ4v) is 2.58. The summed E-state index contributed by atoms with van der Waals surface area (Å²) in [5.74, 6) is 1.26. The summed E-state index contributed by atoms with van der Waals surface area (Å²) in [5.41, 5.74) is 3.47. The van der Waals surface area contributed by atoms with E-state index in [9.17, 15) is 4.79 Å². The first kappa shape index (κ1) is 17.5. The Morgan fingerprint density at radius 2 is 1.81 bits per heavy atom. The largest absolute Gasteiger partial charge is 0.497 e. The van der Waals surface area contributed by atoms with Crippen molar-refractivity contribution >= 4 is 23.1 Å². The van der Waals surface area contributed by atoms with E-state index in [1.807, 2.05) is 30.3 Å². The number of aromatic nitrogens is 1. The molecule has 2 N–H and O–H groups in total. The fraction of sp³-hybridized carbons (Fsp3) is 0.143. The number of hydrogen-bond donors (Lipinski definition) is 2. The Bertz CT molecular complexity index is 875. The van der Waals surface area contributed by atoms with E-state index in [0.29, 0.717) is 17.0 Å². The molecule has 26 heavy (non-hydrogen) atoms. The first-order valence-electron chi connectivity index (χ1n) is 8.46. The van der Waals surface area contributed by atoms with Crippen molar-refractivity contribution in [2.75, 3.05) is 17.7 Å². The van der Waals surface area contributed by atoms with E-state index in [4.69, 9.17) is 4.74 Å². The van der Waals surface area contributed by atoms with E-state index >= 15 is 0 Å². The molecule has 0 atom stereocenters. The third-order valence-electron chi connectivity index (χ3n) is 4.03. The van der Waals surface area contributed by atoms with Crippen molar-refractivity contribution < 1.29 is 9.53 Å². The highest BCUT2D eigenvalue weighted by Gasteiger charge is 2.07. The number of nitrogens with zero attached hydrogens (tertiary/aromatic N) is 1. The molecule has 1 amide bonds. The maximum absolute atomic E-state index is 12.3. The van der Waals surface area contributed by atoms with Crippen LogP contribution in [0, 0.1) is 0 Å². The van der Waals surface area contributed by atoms with Crippen LogP contribution in [0.25, 0.3) is 0 Å². The lowest BCUT2D eigenvalue weighted by Gasteiger charge is -2.11. The average molecular weight is 347 g/mol. The molecule has 5 nitrogen and oxygen atoms in total. The molecular formula is C21H21N3O2. The summed E-state index contributed by atoms with van der Waals surface area (Å²) in [6.45, 7) is 2.12. The molecule has 0 saturated heterocycles. The molecule has 0 radical (unpaired) electrons. The Labute approximate surface area is 153 Å². The molecule has 132 valence electrons. The topological polar surface area (TPSA) is 63.2 Å². The Morgan fingerprint density at radius 3 is 2.46 bits per heavy atom. The third kappa shape index (κ3) is 4.19. The van der Waals surface area contributed by atoms with Gasteiger partial charge in [0.15, 0.2) is 0 Å². The van der Waals surface area contributed by atoms with Crippen LogP contribution in [0.3, 0.4) is 0 Å². The molecule has 0 aliphatic heterocycles. The van der Waals surface area contributed by atoms with Crippen LogP contribution in [0.5, 0.6) is 5.75 Å². The first-order chi connectivity index (χ1) is 12.7. The van der Waals surface area contributed by atoms with Crippen molar-refractivity contribution in [2.24, 2.45) is 0 Å². The number of ether oxygens (including phenoxy) is 1. The van der Waals surface area contributed by atoms with Gasteiger partial charge in [-0.25, -0.2) is 4.98 Å². The van der Waals surface area contributed by atoms with Crippen molar-refractivity contribution in [1.82, 2.24) is 4.98 Å². The van der Waals surface area contributed by atoms with Gasteiger partial charge in [0.05, 0.1) is 19.0 Å². The highest BCUT2D eigenvalue weighted by Crippen LogP contribution is 2.21. The Hall–Kier alpha value is -3.34. The van der Waals surface area contributed by atoms with Gasteiger partial charge in [-0.05, 0) is 54.4 Å². The number of hydrogen-bond acceptors (Lipinski definition) is 4. The molecule has 0 saturated carbocycles. The van der Waals surface area contributed by atoms with Crippen LogP contribution in [0.1, 0.15) is 22.8 Å². The second-order valence-electron chi connectivity index (χ2n) is 5.75. The lowest BCUT2D eigenvalue weighted by Crippen LogP contribution is -2.12. The summed E-state index contributed by atoms with van der Waals surface area (Å²) in [6.07, 6.45) is 2.58. The maximum atomic E-state index is 12.3. The predicted molar refractivity (Wildman–Crippen MR) is 104 cm³/mol. The molecule has 0 aliphatic carbocycles. The minimum atomic E-state index is -0.188. The third-order valence-corrected chi connectivity index (χ3v) is 4.03. The van der Waals surface area contributed by atoms with Gasteiger partial charge in [0, 0.05) is 11.3 Å². The molecule has 1 heterocycles. The quantitative estimate of drug-likeness (QED) is 0.681.